The molecule has 2 spiro atoms. The monoisotopic (exact) mass is 660 g/mol. The zero-order chi connectivity index (χ0) is 33.6. The molecule has 4 bridgehead atoms. The second kappa shape index (κ2) is 10.2. The summed E-state index contributed by atoms with van der Waals surface area (Å²) in [5.41, 5.74) is 2.04. The van der Waals surface area contributed by atoms with Gasteiger partial charge in [0, 0.05) is 16.2 Å². The van der Waals surface area contributed by atoms with Gasteiger partial charge in [0.2, 0.25) is 0 Å². The van der Waals surface area contributed by atoms with Crippen LogP contribution in [0, 0.1) is 67.0 Å². The molecule has 0 N–H and O–H groups in total. The fourth-order valence-corrected chi connectivity index (χ4v) is 16.6. The highest BCUT2D eigenvalue weighted by molar-refractivity contribution is 5.91. The van der Waals surface area contributed by atoms with Crippen LogP contribution in [0.5, 0.6) is 0 Å². The molecule has 266 valence electrons. The van der Waals surface area contributed by atoms with Crippen LogP contribution in [-0.2, 0) is 23.8 Å². The van der Waals surface area contributed by atoms with Crippen molar-refractivity contribution in [2.45, 2.75) is 163 Å². The van der Waals surface area contributed by atoms with Gasteiger partial charge in [-0.2, -0.15) is 0 Å². The Hall–Kier alpha value is -1.36. The molecule has 0 aromatic heterocycles. The number of hydrogen-bond acceptors (Lipinski definition) is 5. The molecular formula is C43H64O5. The molecule has 0 amide bonds. The van der Waals surface area contributed by atoms with E-state index in [2.05, 4.69) is 53.7 Å². The molecule has 9 rings (SSSR count). The number of ether oxygens (including phenoxy) is 3. The molecule has 0 aromatic rings. The minimum atomic E-state index is -0.407. The van der Waals surface area contributed by atoms with Crippen LogP contribution in [0.1, 0.15) is 151 Å². The average Bonchev–Trinajstić information content (AvgIpc) is 3.78. The van der Waals surface area contributed by atoms with Crippen molar-refractivity contribution in [3.8, 4) is 0 Å². The van der Waals surface area contributed by atoms with Crippen LogP contribution >= 0.6 is 0 Å². The van der Waals surface area contributed by atoms with E-state index >= 15 is 0 Å². The lowest BCUT2D eigenvalue weighted by Crippen LogP contribution is -2.59. The van der Waals surface area contributed by atoms with Crippen molar-refractivity contribution < 1.29 is 23.8 Å². The Morgan fingerprint density at radius 3 is 1.88 bits per heavy atom. The first-order valence-corrected chi connectivity index (χ1v) is 20.3. The van der Waals surface area contributed by atoms with Crippen molar-refractivity contribution in [2.24, 2.45) is 67.0 Å². The number of allylic oxidation sites excluding steroid dienone is 2. The maximum atomic E-state index is 13.2. The number of epoxide rings is 1. The Bertz CT molecular complexity index is 1420. The smallest absolute Gasteiger partial charge is 0.317 e. The van der Waals surface area contributed by atoms with E-state index in [1.165, 1.54) is 89.9 Å². The van der Waals surface area contributed by atoms with E-state index in [1.807, 2.05) is 0 Å². The molecule has 8 fully saturated rings. The summed E-state index contributed by atoms with van der Waals surface area (Å²) in [6, 6.07) is 0. The zero-order valence-electron chi connectivity index (χ0n) is 31.1. The van der Waals surface area contributed by atoms with E-state index in [-0.39, 0.29) is 28.1 Å². The van der Waals surface area contributed by atoms with Crippen molar-refractivity contribution in [2.75, 3.05) is 13.2 Å². The van der Waals surface area contributed by atoms with Crippen LogP contribution in [0.3, 0.4) is 0 Å². The molecule has 9 aliphatic rings. The molecule has 7 saturated carbocycles. The summed E-state index contributed by atoms with van der Waals surface area (Å²) in [5.74, 6) is 1.73. The Morgan fingerprint density at radius 2 is 1.21 bits per heavy atom. The molecule has 1 aliphatic heterocycles. The average molecular weight is 661 g/mol. The van der Waals surface area contributed by atoms with Gasteiger partial charge in [0.15, 0.2) is 0 Å². The van der Waals surface area contributed by atoms with E-state index in [0.717, 1.165) is 18.8 Å². The summed E-state index contributed by atoms with van der Waals surface area (Å²) < 4.78 is 18.4. The number of carbonyl (C=O) groups is 2. The lowest BCUT2D eigenvalue weighted by atomic mass is 9.40. The maximum absolute atomic E-state index is 13.2. The summed E-state index contributed by atoms with van der Waals surface area (Å²) in [4.78, 5) is 26.4. The topological polar surface area (TPSA) is 65.1 Å². The highest BCUT2D eigenvalue weighted by Gasteiger charge is 2.77. The summed E-state index contributed by atoms with van der Waals surface area (Å²) in [6.45, 7) is 15.7. The van der Waals surface area contributed by atoms with E-state index in [1.54, 1.807) is 0 Å². The lowest BCUT2D eigenvalue weighted by molar-refractivity contribution is -0.189. The first-order valence-electron chi connectivity index (χ1n) is 20.3. The van der Waals surface area contributed by atoms with Gasteiger partial charge in [0.1, 0.15) is 6.42 Å². The van der Waals surface area contributed by atoms with E-state index in [4.69, 9.17) is 14.2 Å². The largest absolute Gasteiger partial charge is 0.465 e. The van der Waals surface area contributed by atoms with Crippen LogP contribution in [0.25, 0.3) is 0 Å². The van der Waals surface area contributed by atoms with E-state index in [0.29, 0.717) is 64.8 Å². The standard InChI is InChI=1S/C43H64O5/c1-36-17-9-30-40(5)15-7-13-38(3,28(40)11-19-42(30,24-36)22-21-36)26-46-32(44)23-33(45)47-27-39(4)14-8-16-41(6)29(39)12-20-43-25-37(2,18-10-31(41)43)34-35(43)48-34/h21-22,28-31,34-35H,7-20,23-27H2,1-6H3/t28?,29?,30?,31?,34-,35+,36-,37+,38+,39+,40-,41-,42?,43+/m1/s1. The van der Waals surface area contributed by atoms with Crippen molar-refractivity contribution in [1.29, 1.82) is 0 Å². The molecule has 0 radical (unpaired) electrons. The lowest BCUT2D eigenvalue weighted by Gasteiger charge is -2.65. The zero-order valence-corrected chi connectivity index (χ0v) is 31.1. The van der Waals surface area contributed by atoms with Crippen LogP contribution in [0.4, 0.5) is 0 Å². The molecule has 0 aromatic carbocycles. The van der Waals surface area contributed by atoms with Gasteiger partial charge in [-0.05, 0) is 141 Å². The number of esters is 2. The molecular weight excluding hydrogens is 596 g/mol. The van der Waals surface area contributed by atoms with Gasteiger partial charge in [-0.1, -0.05) is 66.5 Å². The Kier molecular flexibility index (Phi) is 6.88. The molecule has 48 heavy (non-hydrogen) atoms. The third-order valence-electron chi connectivity index (χ3n) is 18.4. The van der Waals surface area contributed by atoms with Crippen LogP contribution < -0.4 is 0 Å². The number of carbonyl (C=O) groups excluding carboxylic acids is 2. The Labute approximate surface area is 290 Å². The van der Waals surface area contributed by atoms with Crippen molar-refractivity contribution in [1.82, 2.24) is 0 Å². The second-order valence-corrected chi connectivity index (χ2v) is 21.3. The van der Waals surface area contributed by atoms with Gasteiger partial charge in [-0.15, -0.1) is 0 Å². The minimum absolute atomic E-state index is 0.0307. The third-order valence-corrected chi connectivity index (χ3v) is 18.4. The molecule has 5 unspecified atom stereocenters. The van der Waals surface area contributed by atoms with Crippen LogP contribution in [-0.4, -0.2) is 37.4 Å². The maximum Gasteiger partial charge on any atom is 0.317 e. The van der Waals surface area contributed by atoms with Crippen LogP contribution in [0.15, 0.2) is 12.2 Å². The molecule has 5 nitrogen and oxygen atoms in total. The second-order valence-electron chi connectivity index (χ2n) is 21.3. The third kappa shape index (κ3) is 4.36. The SMILES string of the molecule is C[C@]12C=CC3(CCC4[C@](C)(COC(=O)CC(=O)OC[C@]5(C)CCC[C@]6(C)C5CC[C@]57C[C@](C)(CCC65)[C@@H]5O[C@@H]57)CCC[C@@]4(C)C3CC1)C2. The first-order chi connectivity index (χ1) is 22.6. The van der Waals surface area contributed by atoms with Gasteiger partial charge in [-0.3, -0.25) is 9.59 Å². The van der Waals surface area contributed by atoms with Crippen molar-refractivity contribution in [3.63, 3.8) is 0 Å². The molecule has 5 heteroatoms. The first kappa shape index (κ1) is 32.5. The fourth-order valence-electron chi connectivity index (χ4n) is 16.6. The van der Waals surface area contributed by atoms with Gasteiger partial charge in [0.25, 0.3) is 0 Å². The van der Waals surface area contributed by atoms with Crippen molar-refractivity contribution in [3.05, 3.63) is 12.2 Å². The van der Waals surface area contributed by atoms with E-state index < -0.39 is 11.9 Å². The van der Waals surface area contributed by atoms with Gasteiger partial charge in [-0.25, -0.2) is 0 Å². The van der Waals surface area contributed by atoms with E-state index in [9.17, 15) is 9.59 Å². The van der Waals surface area contributed by atoms with Crippen molar-refractivity contribution >= 4 is 11.9 Å². The number of rotatable bonds is 6. The molecule has 1 heterocycles. The quantitative estimate of drug-likeness (QED) is 0.123. The number of hydrogen-bond donors (Lipinski definition) is 0. The Balaban J connectivity index is 0.814. The van der Waals surface area contributed by atoms with Gasteiger partial charge >= 0.3 is 11.9 Å². The van der Waals surface area contributed by atoms with Crippen LogP contribution in [0.2, 0.25) is 0 Å². The fraction of sp³-hybridized carbons (Fsp3) is 0.907. The highest BCUT2D eigenvalue weighted by Crippen LogP contribution is 2.78. The molecule has 8 aliphatic carbocycles. The summed E-state index contributed by atoms with van der Waals surface area (Å²) in [5, 5.41) is 0. The summed E-state index contributed by atoms with van der Waals surface area (Å²) >= 11 is 0. The normalized spacial score (nSPS) is 57.0. The van der Waals surface area contributed by atoms with Gasteiger partial charge < -0.3 is 14.2 Å². The minimum Gasteiger partial charge on any atom is -0.465 e. The number of fused-ring (bicyclic) bond motifs is 8. The molecule has 1 saturated heterocycles. The summed E-state index contributed by atoms with van der Waals surface area (Å²) in [7, 11) is 0. The highest BCUT2D eigenvalue weighted by atomic mass is 16.6. The predicted octanol–water partition coefficient (Wildman–Crippen LogP) is 9.61. The summed E-state index contributed by atoms with van der Waals surface area (Å²) in [6.07, 6.45) is 26.0. The molecule has 14 atom stereocenters. The predicted molar refractivity (Wildman–Crippen MR) is 186 cm³/mol. The van der Waals surface area contributed by atoms with Gasteiger partial charge in [0.05, 0.1) is 25.4 Å². The Morgan fingerprint density at radius 1 is 0.625 bits per heavy atom.